The van der Waals surface area contributed by atoms with Gasteiger partial charge in [0.25, 0.3) is 0 Å². The van der Waals surface area contributed by atoms with Gasteiger partial charge in [-0.25, -0.2) is 0 Å². The van der Waals surface area contributed by atoms with Crippen molar-refractivity contribution >= 4 is 67.3 Å². The summed E-state index contributed by atoms with van der Waals surface area (Å²) in [6.07, 6.45) is 17.8. The minimum Gasteiger partial charge on any atom is -0.381 e. The molecule has 1 aromatic carbocycles. The summed E-state index contributed by atoms with van der Waals surface area (Å²) < 4.78 is 48.6. The van der Waals surface area contributed by atoms with E-state index in [0.717, 1.165) is 152 Å². The van der Waals surface area contributed by atoms with Gasteiger partial charge in [-0.15, -0.1) is 34.0 Å². The predicted molar refractivity (Wildman–Crippen MR) is 308 cm³/mol. The molecular formula is C61H82N2O6S5. The first-order valence-corrected chi connectivity index (χ1v) is 32.2. The summed E-state index contributed by atoms with van der Waals surface area (Å²) >= 11 is 9.50. The Hall–Kier alpha value is -2.50. The molecule has 402 valence electrons. The Labute approximate surface area is 462 Å². The van der Waals surface area contributed by atoms with Gasteiger partial charge in [-0.05, 0) is 123 Å². The van der Waals surface area contributed by atoms with E-state index in [-0.39, 0.29) is 21.8 Å². The fourth-order valence-corrected chi connectivity index (χ4v) is 18.2. The maximum Gasteiger partial charge on any atom is 0.147 e. The molecule has 8 rings (SSSR count). The van der Waals surface area contributed by atoms with Crippen molar-refractivity contribution in [2.24, 2.45) is 16.2 Å². The second kappa shape index (κ2) is 27.9. The Kier molecular flexibility index (Phi) is 21.7. The summed E-state index contributed by atoms with van der Waals surface area (Å²) in [5.74, 6) is 0. The molecule has 0 fully saturated rings. The van der Waals surface area contributed by atoms with E-state index in [2.05, 4.69) is 77.9 Å². The Balaban J connectivity index is 1.41. The minimum atomic E-state index is -0.288. The number of unbranched alkanes of at least 4 members (excludes halogenated alkanes) is 6. The van der Waals surface area contributed by atoms with Gasteiger partial charge in [0, 0.05) is 83.8 Å². The SMILES string of the molecule is CCCCOCC1(COCCCC)Cc2c(/c(=c3/s/c(=c4/sc(=C(C#N)C#N)c5c4CC(COCCCC)(COCCCC)C5)c4c3CC(COCCCC)(COCCCC)C4)sc2=C2Sc3ccccc3S2)C1. The van der Waals surface area contributed by atoms with Gasteiger partial charge in [0.1, 0.15) is 17.7 Å². The van der Waals surface area contributed by atoms with Crippen molar-refractivity contribution in [1.29, 1.82) is 10.5 Å². The summed E-state index contributed by atoms with van der Waals surface area (Å²) in [5.41, 5.74) is 7.70. The van der Waals surface area contributed by atoms with Crippen molar-refractivity contribution < 1.29 is 28.4 Å². The molecule has 0 N–H and O–H groups in total. The van der Waals surface area contributed by atoms with Gasteiger partial charge in [0.15, 0.2) is 0 Å². The van der Waals surface area contributed by atoms with E-state index in [0.29, 0.717) is 52.9 Å². The van der Waals surface area contributed by atoms with Crippen LogP contribution in [0.15, 0.2) is 34.1 Å². The topological polar surface area (TPSA) is 103 Å². The minimum absolute atomic E-state index is 0.162. The molecule has 13 heteroatoms. The number of fused-ring (bicyclic) bond motifs is 4. The number of hydrogen-bond acceptors (Lipinski definition) is 13. The fourth-order valence-electron chi connectivity index (χ4n) is 11.2. The van der Waals surface area contributed by atoms with E-state index in [1.54, 1.807) is 11.3 Å². The summed E-state index contributed by atoms with van der Waals surface area (Å²) in [4.78, 5) is 2.66. The second-order valence-corrected chi connectivity index (χ2v) is 27.1. The lowest BCUT2D eigenvalue weighted by molar-refractivity contribution is -0.0190. The van der Waals surface area contributed by atoms with Crippen LogP contribution in [-0.4, -0.2) is 79.3 Å². The lowest BCUT2D eigenvalue weighted by Crippen LogP contribution is -2.34. The first kappa shape index (κ1) is 57.7. The first-order valence-electron chi connectivity index (χ1n) is 28.1. The van der Waals surface area contributed by atoms with E-state index < -0.39 is 0 Å². The van der Waals surface area contributed by atoms with Gasteiger partial charge in [-0.3, -0.25) is 0 Å². The molecule has 4 heterocycles. The van der Waals surface area contributed by atoms with Crippen molar-refractivity contribution in [3.63, 3.8) is 0 Å². The zero-order valence-corrected chi connectivity index (χ0v) is 49.5. The van der Waals surface area contributed by atoms with Crippen molar-refractivity contribution in [3.8, 4) is 12.1 Å². The van der Waals surface area contributed by atoms with Crippen LogP contribution >= 0.6 is 57.5 Å². The van der Waals surface area contributed by atoms with Crippen LogP contribution < -0.4 is 9.06 Å². The molecule has 74 heavy (non-hydrogen) atoms. The summed E-state index contributed by atoms with van der Waals surface area (Å²) in [5, 5.41) is 21.2. The molecule has 3 aromatic heterocycles. The van der Waals surface area contributed by atoms with Gasteiger partial charge in [-0.1, -0.05) is 116 Å². The number of rotatable bonds is 30. The Bertz CT molecular complexity index is 2850. The number of ether oxygens (including phenoxy) is 6. The monoisotopic (exact) mass is 1100 g/mol. The lowest BCUT2D eigenvalue weighted by atomic mass is 9.86. The van der Waals surface area contributed by atoms with Crippen molar-refractivity contribution in [2.75, 3.05) is 79.3 Å². The standard InChI is InChI=1S/C61H82N2O6S5/c1-7-13-23-64-37-59(38-65-24-14-8-2)29-44-45(30-59)53(72-52(44)43(35-62)36-63)54-46-31-60(39-66-25-15-9-3,40-67-26-16-10-4)32-47(46)55(73-54)56-48-33-61(41-68-27-17-11-5,42-69-28-18-12-6)34-49(48)57(74-56)58-70-50-21-19-20-22-51(50)71-58/h19-22H,7-18,23-34,37-42H2,1-6H3/b54-53+,56-55-. The second-order valence-electron chi connectivity index (χ2n) is 21.7. The van der Waals surface area contributed by atoms with Crippen LogP contribution in [0.2, 0.25) is 0 Å². The van der Waals surface area contributed by atoms with Crippen molar-refractivity contribution in [3.05, 3.63) is 84.8 Å². The molecule has 0 saturated heterocycles. The molecule has 4 aromatic rings. The molecule has 0 bridgehead atoms. The molecular weight excluding hydrogens is 1020 g/mol. The zero-order valence-electron chi connectivity index (χ0n) is 45.4. The molecule has 4 aliphatic rings. The van der Waals surface area contributed by atoms with Crippen LogP contribution in [-0.2, 0) is 66.9 Å². The number of benzene rings is 1. The molecule has 3 aliphatic carbocycles. The van der Waals surface area contributed by atoms with E-state index in [9.17, 15) is 10.5 Å². The third kappa shape index (κ3) is 13.3. The van der Waals surface area contributed by atoms with Gasteiger partial charge >= 0.3 is 0 Å². The molecule has 0 unspecified atom stereocenters. The van der Waals surface area contributed by atoms with E-state index >= 15 is 0 Å². The average molecular weight is 1100 g/mol. The molecule has 0 radical (unpaired) electrons. The summed E-state index contributed by atoms with van der Waals surface area (Å²) in [6, 6.07) is 13.5. The highest BCUT2D eigenvalue weighted by atomic mass is 32.2. The molecule has 1 aliphatic heterocycles. The highest BCUT2D eigenvalue weighted by Crippen LogP contribution is 2.53. The highest BCUT2D eigenvalue weighted by molar-refractivity contribution is 8.32. The normalized spacial score (nSPS) is 17.6. The number of thioether (sulfide) groups is 2. The third-order valence-electron chi connectivity index (χ3n) is 15.3. The van der Waals surface area contributed by atoms with Crippen molar-refractivity contribution in [1.82, 2.24) is 0 Å². The van der Waals surface area contributed by atoms with E-state index in [4.69, 9.17) is 28.4 Å². The van der Waals surface area contributed by atoms with Gasteiger partial charge < -0.3 is 28.4 Å². The number of hydrogen-bond donors (Lipinski definition) is 0. The van der Waals surface area contributed by atoms with Crippen LogP contribution in [0.5, 0.6) is 0 Å². The van der Waals surface area contributed by atoms with Crippen LogP contribution in [0, 0.1) is 57.0 Å². The largest absolute Gasteiger partial charge is 0.381 e. The van der Waals surface area contributed by atoms with Crippen LogP contribution in [0.3, 0.4) is 0 Å². The van der Waals surface area contributed by atoms with Crippen LogP contribution in [0.25, 0.3) is 9.81 Å². The summed E-state index contributed by atoms with van der Waals surface area (Å²) in [7, 11) is 0. The Morgan fingerprint density at radius 2 is 0.703 bits per heavy atom. The maximum atomic E-state index is 10.6. The van der Waals surface area contributed by atoms with Gasteiger partial charge in [-0.2, -0.15) is 10.5 Å². The molecule has 0 saturated carbocycles. The molecule has 0 amide bonds. The number of nitriles is 2. The van der Waals surface area contributed by atoms with Crippen molar-refractivity contribution in [2.45, 2.75) is 167 Å². The Morgan fingerprint density at radius 3 is 1.03 bits per heavy atom. The van der Waals surface area contributed by atoms with Crippen LogP contribution in [0.1, 0.15) is 152 Å². The van der Waals surface area contributed by atoms with E-state index in [1.165, 1.54) is 64.5 Å². The highest BCUT2D eigenvalue weighted by Gasteiger charge is 2.45. The maximum absolute atomic E-state index is 10.6. The predicted octanol–water partition coefficient (Wildman–Crippen LogP) is 13.8. The summed E-state index contributed by atoms with van der Waals surface area (Å²) in [6.45, 7) is 21.6. The molecule has 0 atom stereocenters. The smallest absolute Gasteiger partial charge is 0.147 e. The number of thiophene rings is 3. The number of nitrogens with zero attached hydrogens (tertiary/aromatic N) is 2. The quantitative estimate of drug-likeness (QED) is 0.0469. The molecule has 8 nitrogen and oxygen atoms in total. The lowest BCUT2D eigenvalue weighted by Gasteiger charge is -2.29. The molecule has 0 spiro atoms. The van der Waals surface area contributed by atoms with E-state index in [1.807, 2.05) is 46.2 Å². The fraction of sp³-hybridized carbons (Fsp3) is 0.639. The van der Waals surface area contributed by atoms with Gasteiger partial charge in [0.2, 0.25) is 0 Å². The zero-order chi connectivity index (χ0) is 52.0. The van der Waals surface area contributed by atoms with Gasteiger partial charge in [0.05, 0.1) is 52.9 Å². The third-order valence-corrected chi connectivity index (χ3v) is 22.3. The Morgan fingerprint density at radius 1 is 0.419 bits per heavy atom. The van der Waals surface area contributed by atoms with Crippen LogP contribution in [0.4, 0.5) is 0 Å². The first-order chi connectivity index (χ1) is 36.2. The average Bonchev–Trinajstić information content (AvgIpc) is 4.29.